The highest BCUT2D eigenvalue weighted by atomic mass is 32.2. The van der Waals surface area contributed by atoms with E-state index < -0.39 is 10.0 Å². The zero-order chi connectivity index (χ0) is 14.4. The number of nitrogens with zero attached hydrogens (tertiary/aromatic N) is 3. The van der Waals surface area contributed by atoms with Crippen molar-refractivity contribution in [3.63, 3.8) is 0 Å². The molecular formula is C12H15N5O2S. The van der Waals surface area contributed by atoms with Gasteiger partial charge in [-0.3, -0.25) is 4.72 Å². The number of hydrogen-bond acceptors (Lipinski definition) is 6. The van der Waals surface area contributed by atoms with E-state index in [1.807, 2.05) is 6.92 Å². The average molecular weight is 293 g/mol. The second-order valence-corrected chi connectivity index (χ2v) is 5.72. The predicted molar refractivity (Wildman–Crippen MR) is 75.9 cm³/mol. The van der Waals surface area contributed by atoms with E-state index in [4.69, 9.17) is 0 Å². The van der Waals surface area contributed by atoms with Crippen molar-refractivity contribution < 1.29 is 8.42 Å². The van der Waals surface area contributed by atoms with Crippen molar-refractivity contribution in [3.05, 3.63) is 37.1 Å². The summed E-state index contributed by atoms with van der Waals surface area (Å²) in [5.41, 5.74) is 0.306. The fourth-order valence-electron chi connectivity index (χ4n) is 1.46. The quantitative estimate of drug-likeness (QED) is 0.837. The molecule has 0 spiro atoms. The van der Waals surface area contributed by atoms with Gasteiger partial charge in [-0.2, -0.15) is 0 Å². The number of aromatic nitrogens is 3. The van der Waals surface area contributed by atoms with Gasteiger partial charge >= 0.3 is 0 Å². The highest BCUT2D eigenvalue weighted by molar-refractivity contribution is 7.92. The van der Waals surface area contributed by atoms with Crippen molar-refractivity contribution in [2.75, 3.05) is 16.6 Å². The number of rotatable bonds is 6. The summed E-state index contributed by atoms with van der Waals surface area (Å²) in [6.07, 6.45) is 6.37. The maximum Gasteiger partial charge on any atom is 0.263 e. The predicted octanol–water partition coefficient (Wildman–Crippen LogP) is 1.49. The number of anilines is 2. The minimum atomic E-state index is -3.67. The van der Waals surface area contributed by atoms with Crippen LogP contribution >= 0.6 is 0 Å². The largest absolute Gasteiger partial charge is 0.370 e. The first kappa shape index (κ1) is 14.2. The highest BCUT2D eigenvalue weighted by Gasteiger charge is 2.14. The molecule has 8 heteroatoms. The van der Waals surface area contributed by atoms with E-state index in [2.05, 4.69) is 25.0 Å². The van der Waals surface area contributed by atoms with Crippen molar-refractivity contribution in [2.45, 2.75) is 18.2 Å². The second-order valence-electron chi connectivity index (χ2n) is 4.04. The van der Waals surface area contributed by atoms with Crippen LogP contribution in [0.2, 0.25) is 0 Å². The lowest BCUT2D eigenvalue weighted by Gasteiger charge is -2.08. The van der Waals surface area contributed by atoms with Gasteiger partial charge < -0.3 is 5.32 Å². The minimum Gasteiger partial charge on any atom is -0.370 e. The molecule has 20 heavy (non-hydrogen) atoms. The van der Waals surface area contributed by atoms with E-state index in [1.165, 1.54) is 31.0 Å². The Bertz CT molecular complexity index is 643. The topological polar surface area (TPSA) is 96.9 Å². The zero-order valence-corrected chi connectivity index (χ0v) is 11.8. The van der Waals surface area contributed by atoms with Crippen LogP contribution in [0.25, 0.3) is 0 Å². The van der Waals surface area contributed by atoms with Crippen molar-refractivity contribution in [2.24, 2.45) is 0 Å². The smallest absolute Gasteiger partial charge is 0.263 e. The summed E-state index contributed by atoms with van der Waals surface area (Å²) in [6, 6.07) is 3.13. The van der Waals surface area contributed by atoms with Crippen LogP contribution in [-0.2, 0) is 10.0 Å². The molecule has 0 saturated heterocycles. The van der Waals surface area contributed by atoms with Gasteiger partial charge in [-0.05, 0) is 18.6 Å². The van der Waals surface area contributed by atoms with Crippen LogP contribution in [0.3, 0.4) is 0 Å². The molecule has 0 aliphatic carbocycles. The normalized spacial score (nSPS) is 11.1. The molecule has 0 aromatic carbocycles. The molecule has 0 amide bonds. The molecule has 0 radical (unpaired) electrons. The van der Waals surface area contributed by atoms with Gasteiger partial charge in [0, 0.05) is 12.7 Å². The summed E-state index contributed by atoms with van der Waals surface area (Å²) < 4.78 is 26.6. The first-order valence-corrected chi connectivity index (χ1v) is 7.58. The summed E-state index contributed by atoms with van der Waals surface area (Å²) in [5.74, 6) is 0.647. The molecule has 0 atom stereocenters. The van der Waals surface area contributed by atoms with E-state index in [-0.39, 0.29) is 4.90 Å². The fraction of sp³-hybridized carbons (Fsp3) is 0.250. The van der Waals surface area contributed by atoms with E-state index in [1.54, 1.807) is 6.07 Å². The van der Waals surface area contributed by atoms with Crippen LogP contribution in [-0.4, -0.2) is 29.9 Å². The molecule has 0 saturated carbocycles. The minimum absolute atomic E-state index is 0.0865. The van der Waals surface area contributed by atoms with Crippen LogP contribution in [0.5, 0.6) is 0 Å². The average Bonchev–Trinajstić information content (AvgIpc) is 2.46. The van der Waals surface area contributed by atoms with Gasteiger partial charge in [-0.15, -0.1) is 0 Å². The Morgan fingerprint density at radius 1 is 1.15 bits per heavy atom. The third-order valence-electron chi connectivity index (χ3n) is 2.42. The molecular weight excluding hydrogens is 278 g/mol. The Kier molecular flexibility index (Phi) is 4.46. The molecule has 2 aromatic rings. The molecule has 0 fully saturated rings. The number of nitrogens with one attached hydrogen (secondary N) is 2. The van der Waals surface area contributed by atoms with Crippen molar-refractivity contribution >= 4 is 21.5 Å². The second kappa shape index (κ2) is 6.29. The van der Waals surface area contributed by atoms with E-state index in [9.17, 15) is 8.42 Å². The monoisotopic (exact) mass is 293 g/mol. The Balaban J connectivity index is 2.13. The summed E-state index contributed by atoms with van der Waals surface area (Å²) in [5, 5.41) is 3.08. The van der Waals surface area contributed by atoms with E-state index in [0.29, 0.717) is 11.5 Å². The van der Waals surface area contributed by atoms with Gasteiger partial charge in [-0.1, -0.05) is 6.92 Å². The number of sulfonamides is 1. The zero-order valence-electron chi connectivity index (χ0n) is 10.9. The third-order valence-corrected chi connectivity index (χ3v) is 3.78. The molecule has 0 unspecified atom stereocenters. The number of pyridine rings is 1. The molecule has 0 bridgehead atoms. The number of hydrogen-bond donors (Lipinski definition) is 2. The SMILES string of the molecule is CCCNc1ccc(S(=O)(=O)Nc2cncnc2)cn1. The lowest BCUT2D eigenvalue weighted by molar-refractivity contribution is 0.601. The van der Waals surface area contributed by atoms with Crippen molar-refractivity contribution in [1.82, 2.24) is 15.0 Å². The molecule has 2 N–H and O–H groups in total. The summed E-state index contributed by atoms with van der Waals surface area (Å²) in [7, 11) is -3.67. The first-order valence-electron chi connectivity index (χ1n) is 6.09. The Labute approximate surface area is 117 Å². The lowest BCUT2D eigenvalue weighted by Crippen LogP contribution is -2.14. The van der Waals surface area contributed by atoms with Gasteiger partial charge in [0.2, 0.25) is 0 Å². The summed E-state index contributed by atoms with van der Waals surface area (Å²) in [4.78, 5) is 11.6. The van der Waals surface area contributed by atoms with Gasteiger partial charge in [0.05, 0.1) is 18.1 Å². The van der Waals surface area contributed by atoms with E-state index >= 15 is 0 Å². The fourth-order valence-corrected chi connectivity index (χ4v) is 2.44. The van der Waals surface area contributed by atoms with E-state index in [0.717, 1.165) is 13.0 Å². The van der Waals surface area contributed by atoms with Crippen molar-refractivity contribution in [3.8, 4) is 0 Å². The lowest BCUT2D eigenvalue weighted by atomic mass is 10.4. The molecule has 7 nitrogen and oxygen atoms in total. The van der Waals surface area contributed by atoms with Crippen molar-refractivity contribution in [1.29, 1.82) is 0 Å². The maximum absolute atomic E-state index is 12.1. The summed E-state index contributed by atoms with van der Waals surface area (Å²) in [6.45, 7) is 2.83. The van der Waals surface area contributed by atoms with Crippen LogP contribution in [0.15, 0.2) is 41.9 Å². The van der Waals surface area contributed by atoms with Gasteiger partial charge in [0.25, 0.3) is 10.0 Å². The molecule has 0 aliphatic rings. The molecule has 0 aliphatic heterocycles. The Morgan fingerprint density at radius 3 is 2.50 bits per heavy atom. The summed E-state index contributed by atoms with van der Waals surface area (Å²) >= 11 is 0. The molecule has 106 valence electrons. The van der Waals surface area contributed by atoms with Crippen LogP contribution < -0.4 is 10.0 Å². The Hall–Kier alpha value is -2.22. The van der Waals surface area contributed by atoms with Gasteiger partial charge in [0.1, 0.15) is 17.0 Å². The Morgan fingerprint density at radius 2 is 1.90 bits per heavy atom. The molecule has 2 aromatic heterocycles. The van der Waals surface area contributed by atoms with Crippen LogP contribution in [0.4, 0.5) is 11.5 Å². The third kappa shape index (κ3) is 3.64. The molecule has 2 rings (SSSR count). The van der Waals surface area contributed by atoms with Gasteiger partial charge in [0.15, 0.2) is 0 Å². The van der Waals surface area contributed by atoms with Crippen LogP contribution in [0, 0.1) is 0 Å². The maximum atomic E-state index is 12.1. The van der Waals surface area contributed by atoms with Crippen LogP contribution in [0.1, 0.15) is 13.3 Å². The highest BCUT2D eigenvalue weighted by Crippen LogP contribution is 2.15. The van der Waals surface area contributed by atoms with Gasteiger partial charge in [-0.25, -0.2) is 23.4 Å². The standard InChI is InChI=1S/C12H15N5O2S/c1-2-5-15-12-4-3-11(8-16-12)20(18,19)17-10-6-13-9-14-7-10/h3-4,6-9,17H,2,5H2,1H3,(H,15,16). The first-order chi connectivity index (χ1) is 9.62. The molecule has 2 heterocycles.